The van der Waals surface area contributed by atoms with Crippen LogP contribution in [0.3, 0.4) is 0 Å². The van der Waals surface area contributed by atoms with Crippen LogP contribution in [0.25, 0.3) is 0 Å². The van der Waals surface area contributed by atoms with E-state index in [0.29, 0.717) is 0 Å². The van der Waals surface area contributed by atoms with Gasteiger partial charge in [0, 0.05) is 0 Å². The average molecular weight is 146 g/mol. The summed E-state index contributed by atoms with van der Waals surface area (Å²) in [5.41, 5.74) is 0. The summed E-state index contributed by atoms with van der Waals surface area (Å²) < 4.78 is 0. The largest absolute Gasteiger partial charge is 3.00 e. The second-order valence-corrected chi connectivity index (χ2v) is 0.250. The SMILES string of the molecule is O=C([O-])[O-].[Al+3].[Ni+2]. The number of hydrogen-bond acceptors (Lipinski definition) is 3. The van der Waals surface area contributed by atoms with Crippen molar-refractivity contribution in [3.63, 3.8) is 0 Å². The zero-order chi connectivity index (χ0) is 3.58. The molecule has 0 amide bonds. The maximum Gasteiger partial charge on any atom is 3.00 e. The van der Waals surface area contributed by atoms with Crippen LogP contribution in [-0.4, -0.2) is 23.5 Å². The smallest absolute Gasteiger partial charge is 0.652 e. The molecule has 0 N–H and O–H groups in total. The summed E-state index contributed by atoms with van der Waals surface area (Å²) in [5, 5.41) is 16.7. The second-order valence-electron chi connectivity index (χ2n) is 0.250. The van der Waals surface area contributed by atoms with Gasteiger partial charge in [0.15, 0.2) is 0 Å². The normalized spacial score (nSPS) is 4.00. The van der Waals surface area contributed by atoms with Crippen molar-refractivity contribution >= 4 is 23.5 Å². The van der Waals surface area contributed by atoms with Crippen molar-refractivity contribution in [1.29, 1.82) is 0 Å². The fraction of sp³-hybridized carbons (Fsp3) is 0. The van der Waals surface area contributed by atoms with Gasteiger partial charge in [-0.2, -0.15) is 0 Å². The third-order valence-electron chi connectivity index (χ3n) is 0. The molecule has 0 aliphatic rings. The van der Waals surface area contributed by atoms with Crippen molar-refractivity contribution in [3.8, 4) is 0 Å². The van der Waals surface area contributed by atoms with Crippen LogP contribution < -0.4 is 10.2 Å². The molecule has 0 aliphatic carbocycles. The van der Waals surface area contributed by atoms with Crippen LogP contribution in [0, 0.1) is 0 Å². The van der Waals surface area contributed by atoms with Gasteiger partial charge in [-0.15, -0.1) is 0 Å². The first-order chi connectivity index (χ1) is 1.73. The molecule has 0 bridgehead atoms. The molecule has 5 heteroatoms. The predicted molar refractivity (Wildman–Crippen MR) is 11.1 cm³/mol. The Morgan fingerprint density at radius 2 is 1.33 bits per heavy atom. The molecule has 0 rings (SSSR count). The number of rotatable bonds is 0. The van der Waals surface area contributed by atoms with Crippen molar-refractivity contribution < 1.29 is 31.5 Å². The summed E-state index contributed by atoms with van der Waals surface area (Å²) in [6, 6.07) is 0. The summed E-state index contributed by atoms with van der Waals surface area (Å²) >= 11 is 0. The van der Waals surface area contributed by atoms with Crippen molar-refractivity contribution in [1.82, 2.24) is 0 Å². The quantitative estimate of drug-likeness (QED) is 0.346. The standard InChI is InChI=1S/CH2O3.Al.Ni/c2-1(3)4;;/h(H2,2,3,4);;/q;+3;+2/p-2. The van der Waals surface area contributed by atoms with E-state index in [4.69, 9.17) is 15.0 Å². The van der Waals surface area contributed by atoms with Gasteiger partial charge in [-0.25, -0.2) is 0 Å². The first kappa shape index (κ1) is 16.3. The zero-order valence-electron chi connectivity index (χ0n) is 2.62. The molecule has 0 spiro atoms. The molecule has 0 fully saturated rings. The Hall–Kier alpha value is 0.296. The summed E-state index contributed by atoms with van der Waals surface area (Å²) in [4.78, 5) is 8.33. The Labute approximate surface area is 55.4 Å². The number of carbonyl (C=O) groups is 1. The number of carbonyl (C=O) groups excluding carboxylic acids is 1. The topological polar surface area (TPSA) is 63.2 Å². The number of carboxylic acid groups (broad SMARTS) is 2. The van der Waals surface area contributed by atoms with Gasteiger partial charge in [-0.3, -0.25) is 0 Å². The van der Waals surface area contributed by atoms with Crippen molar-refractivity contribution in [2.75, 3.05) is 0 Å². The van der Waals surface area contributed by atoms with E-state index in [-0.39, 0.29) is 33.9 Å². The molecule has 0 saturated heterocycles. The molecule has 0 aromatic rings. The summed E-state index contributed by atoms with van der Waals surface area (Å²) in [6.07, 6.45) is -2.33. The average Bonchev–Trinajstić information content (AvgIpc) is 0.811. The summed E-state index contributed by atoms with van der Waals surface area (Å²) in [7, 11) is 0. The van der Waals surface area contributed by atoms with Gasteiger partial charge in [0.25, 0.3) is 0 Å². The van der Waals surface area contributed by atoms with Gasteiger partial charge < -0.3 is 15.0 Å². The Morgan fingerprint density at radius 3 is 1.33 bits per heavy atom. The van der Waals surface area contributed by atoms with E-state index >= 15 is 0 Å². The predicted octanol–water partition coefficient (Wildman–Crippen LogP) is -2.83. The van der Waals surface area contributed by atoms with Crippen LogP contribution >= 0.6 is 0 Å². The minimum atomic E-state index is -2.33. The van der Waals surface area contributed by atoms with E-state index in [0.717, 1.165) is 0 Å². The molecule has 0 unspecified atom stereocenters. The van der Waals surface area contributed by atoms with Crippen molar-refractivity contribution in [2.24, 2.45) is 0 Å². The monoisotopic (exact) mass is 145 g/mol. The van der Waals surface area contributed by atoms with Gasteiger partial charge in [0.05, 0.1) is 0 Å². The molecule has 6 heavy (non-hydrogen) atoms. The van der Waals surface area contributed by atoms with Gasteiger partial charge in [-0.05, 0) is 6.16 Å². The maximum atomic E-state index is 8.33. The van der Waals surface area contributed by atoms with Gasteiger partial charge >= 0.3 is 33.9 Å². The van der Waals surface area contributed by atoms with Crippen LogP contribution in [-0.2, 0) is 16.5 Å². The number of hydrogen-bond donors (Lipinski definition) is 0. The van der Waals surface area contributed by atoms with E-state index in [1.807, 2.05) is 0 Å². The molecule has 0 aromatic carbocycles. The molecule has 0 heterocycles. The van der Waals surface area contributed by atoms with Gasteiger partial charge in [-0.1, -0.05) is 0 Å². The third kappa shape index (κ3) is 533. The zero-order valence-corrected chi connectivity index (χ0v) is 4.76. The van der Waals surface area contributed by atoms with Gasteiger partial charge in [0.2, 0.25) is 0 Å². The molecule has 32 valence electrons. The van der Waals surface area contributed by atoms with E-state index in [2.05, 4.69) is 0 Å². The molecule has 0 radical (unpaired) electrons. The van der Waals surface area contributed by atoms with E-state index < -0.39 is 6.16 Å². The Balaban J connectivity index is -0.0000000450. The first-order valence-electron chi connectivity index (χ1n) is 0.612. The van der Waals surface area contributed by atoms with E-state index in [1.165, 1.54) is 0 Å². The summed E-state index contributed by atoms with van der Waals surface area (Å²) in [6.45, 7) is 0. The van der Waals surface area contributed by atoms with Crippen LogP contribution in [0.4, 0.5) is 4.79 Å². The fourth-order valence-corrected chi connectivity index (χ4v) is 0. The Kier molecular flexibility index (Phi) is 24.4. The minimum Gasteiger partial charge on any atom is -0.652 e. The van der Waals surface area contributed by atoms with Crippen LogP contribution in [0.5, 0.6) is 0 Å². The Bertz CT molecular complexity index is 33.8. The summed E-state index contributed by atoms with van der Waals surface area (Å²) in [5.74, 6) is 0. The Morgan fingerprint density at radius 1 is 1.33 bits per heavy atom. The minimum absolute atomic E-state index is 0. The molecular weight excluding hydrogens is 146 g/mol. The molecule has 3 nitrogen and oxygen atoms in total. The fourth-order valence-electron chi connectivity index (χ4n) is 0. The molecule has 0 atom stereocenters. The molecule has 0 aliphatic heterocycles. The van der Waals surface area contributed by atoms with Crippen LogP contribution in [0.2, 0.25) is 0 Å². The molecule has 0 aromatic heterocycles. The van der Waals surface area contributed by atoms with Crippen molar-refractivity contribution in [2.45, 2.75) is 0 Å². The first-order valence-corrected chi connectivity index (χ1v) is 0.612. The molecular formula is CAlNiO3+3. The second kappa shape index (κ2) is 9.00. The van der Waals surface area contributed by atoms with Crippen LogP contribution in [0.15, 0.2) is 0 Å². The molecule has 0 saturated carbocycles. The van der Waals surface area contributed by atoms with Crippen molar-refractivity contribution in [3.05, 3.63) is 0 Å². The maximum absolute atomic E-state index is 8.33. The third-order valence-corrected chi connectivity index (χ3v) is 0. The van der Waals surface area contributed by atoms with Gasteiger partial charge in [0.1, 0.15) is 0 Å². The van der Waals surface area contributed by atoms with E-state index in [9.17, 15) is 0 Å². The van der Waals surface area contributed by atoms with E-state index in [1.54, 1.807) is 0 Å². The van der Waals surface area contributed by atoms with Crippen LogP contribution in [0.1, 0.15) is 0 Å².